The average Bonchev–Trinajstić information content (AvgIpc) is 2.79. The van der Waals surface area contributed by atoms with Gasteiger partial charge in [0.1, 0.15) is 16.8 Å². The molecule has 19 heavy (non-hydrogen) atoms. The maximum absolute atomic E-state index is 6.24. The Hall–Kier alpha value is -0.870. The van der Waals surface area contributed by atoms with Gasteiger partial charge in [0.05, 0.1) is 0 Å². The highest BCUT2D eigenvalue weighted by molar-refractivity contribution is 6.30. The van der Waals surface area contributed by atoms with E-state index < -0.39 is 0 Å². The van der Waals surface area contributed by atoms with Crippen molar-refractivity contribution >= 4 is 17.4 Å². The summed E-state index contributed by atoms with van der Waals surface area (Å²) in [6.07, 6.45) is 3.26. The zero-order valence-corrected chi connectivity index (χ0v) is 13.0. The molecule has 0 saturated carbocycles. The Morgan fingerprint density at radius 1 is 1.37 bits per heavy atom. The molecule has 4 nitrogen and oxygen atoms in total. The minimum absolute atomic E-state index is 0.532. The lowest BCUT2D eigenvalue weighted by Crippen LogP contribution is -2.38. The quantitative estimate of drug-likeness (QED) is 0.795. The van der Waals surface area contributed by atoms with Crippen LogP contribution < -0.4 is 4.90 Å². The van der Waals surface area contributed by atoms with E-state index in [2.05, 4.69) is 35.8 Å². The Balaban J connectivity index is 2.32. The molecule has 0 aliphatic carbocycles. The van der Waals surface area contributed by atoms with E-state index in [-0.39, 0.29) is 0 Å². The number of likely N-dealkylation sites (N-methyl/N-ethyl adjacent to an activating group) is 1. The van der Waals surface area contributed by atoms with Crippen LogP contribution in [0.3, 0.4) is 0 Å². The van der Waals surface area contributed by atoms with Gasteiger partial charge in [-0.2, -0.15) is 0 Å². The fourth-order valence-electron chi connectivity index (χ4n) is 2.68. The lowest BCUT2D eigenvalue weighted by molar-refractivity contribution is 0.371. The van der Waals surface area contributed by atoms with Crippen molar-refractivity contribution in [3.8, 4) is 0 Å². The highest BCUT2D eigenvalue weighted by Crippen LogP contribution is 2.30. The molecule has 1 aromatic rings. The zero-order valence-electron chi connectivity index (χ0n) is 12.3. The summed E-state index contributed by atoms with van der Waals surface area (Å²) in [6.45, 7) is 6.20. The maximum Gasteiger partial charge on any atom is 0.137 e. The lowest BCUT2D eigenvalue weighted by Gasteiger charge is -2.29. The van der Waals surface area contributed by atoms with Crippen molar-refractivity contribution < 1.29 is 0 Å². The van der Waals surface area contributed by atoms with E-state index in [9.17, 15) is 0 Å². The van der Waals surface area contributed by atoms with Crippen LogP contribution in [0.5, 0.6) is 0 Å². The van der Waals surface area contributed by atoms with Crippen LogP contribution in [-0.4, -0.2) is 48.1 Å². The first-order valence-electron chi connectivity index (χ1n) is 6.97. The van der Waals surface area contributed by atoms with Crippen molar-refractivity contribution in [1.82, 2.24) is 14.9 Å². The van der Waals surface area contributed by atoms with Crippen molar-refractivity contribution in [3.05, 3.63) is 16.5 Å². The number of halogens is 1. The third-order valence-corrected chi connectivity index (χ3v) is 4.02. The predicted octanol–water partition coefficient (Wildman–Crippen LogP) is 2.53. The molecule has 1 aliphatic heterocycles. The summed E-state index contributed by atoms with van der Waals surface area (Å²) >= 11 is 6.24. The van der Waals surface area contributed by atoms with Crippen LogP contribution in [0.1, 0.15) is 31.2 Å². The van der Waals surface area contributed by atoms with E-state index in [0.717, 1.165) is 36.7 Å². The smallest absolute Gasteiger partial charge is 0.137 e. The van der Waals surface area contributed by atoms with Gasteiger partial charge in [-0.25, -0.2) is 9.97 Å². The highest BCUT2D eigenvalue weighted by Gasteiger charge is 2.28. The first-order chi connectivity index (χ1) is 9.02. The molecule has 2 heterocycles. The van der Waals surface area contributed by atoms with Crippen LogP contribution in [-0.2, 0) is 6.42 Å². The van der Waals surface area contributed by atoms with Crippen molar-refractivity contribution in [3.63, 3.8) is 0 Å². The first kappa shape index (κ1) is 14.5. The van der Waals surface area contributed by atoms with Crippen molar-refractivity contribution in [2.75, 3.05) is 32.1 Å². The van der Waals surface area contributed by atoms with Gasteiger partial charge in [-0.15, -0.1) is 0 Å². The van der Waals surface area contributed by atoms with Gasteiger partial charge in [0.2, 0.25) is 0 Å². The van der Waals surface area contributed by atoms with E-state index in [1.807, 2.05) is 6.92 Å². The molecule has 5 heteroatoms. The molecule has 0 spiro atoms. The van der Waals surface area contributed by atoms with E-state index >= 15 is 0 Å². The van der Waals surface area contributed by atoms with E-state index in [1.54, 1.807) is 0 Å². The molecule has 0 bridgehead atoms. The second kappa shape index (κ2) is 6.06. The molecule has 106 valence electrons. The Morgan fingerprint density at radius 2 is 2.11 bits per heavy atom. The van der Waals surface area contributed by atoms with Crippen LogP contribution in [0.4, 0.5) is 5.82 Å². The molecule has 1 saturated heterocycles. The van der Waals surface area contributed by atoms with Crippen LogP contribution in [0, 0.1) is 6.92 Å². The van der Waals surface area contributed by atoms with E-state index in [0.29, 0.717) is 11.2 Å². The normalized spacial score (nSPS) is 19.5. The summed E-state index contributed by atoms with van der Waals surface area (Å²) in [4.78, 5) is 13.7. The SMILES string of the molecule is CCc1nc(Cl)c(C)c(N2CCCC2CN(C)C)n1. The Morgan fingerprint density at radius 3 is 2.74 bits per heavy atom. The van der Waals surface area contributed by atoms with Gasteiger partial charge in [0, 0.05) is 31.1 Å². The van der Waals surface area contributed by atoms with E-state index in [4.69, 9.17) is 16.6 Å². The summed E-state index contributed by atoms with van der Waals surface area (Å²) in [5.74, 6) is 1.86. The summed E-state index contributed by atoms with van der Waals surface area (Å²) in [5, 5.41) is 0.595. The molecule has 1 aliphatic rings. The fourth-order valence-corrected chi connectivity index (χ4v) is 2.87. The van der Waals surface area contributed by atoms with Gasteiger partial charge in [0.25, 0.3) is 0 Å². The fraction of sp³-hybridized carbons (Fsp3) is 0.714. The molecular weight excluding hydrogens is 260 g/mol. The first-order valence-corrected chi connectivity index (χ1v) is 7.35. The molecule has 0 N–H and O–H groups in total. The number of anilines is 1. The van der Waals surface area contributed by atoms with Gasteiger partial charge < -0.3 is 9.80 Å². The number of aromatic nitrogens is 2. The van der Waals surface area contributed by atoms with Crippen molar-refractivity contribution in [2.45, 2.75) is 39.2 Å². The minimum Gasteiger partial charge on any atom is -0.352 e. The lowest BCUT2D eigenvalue weighted by atomic mass is 10.2. The van der Waals surface area contributed by atoms with Crippen LogP contribution >= 0.6 is 11.6 Å². The topological polar surface area (TPSA) is 32.3 Å². The Bertz CT molecular complexity index is 447. The van der Waals surface area contributed by atoms with Crippen LogP contribution in [0.15, 0.2) is 0 Å². The van der Waals surface area contributed by atoms with Gasteiger partial charge >= 0.3 is 0 Å². The molecule has 1 aromatic heterocycles. The van der Waals surface area contributed by atoms with Gasteiger partial charge in [0.15, 0.2) is 0 Å². The molecule has 1 atom stereocenters. The molecule has 0 amide bonds. The van der Waals surface area contributed by atoms with Gasteiger partial charge in [-0.1, -0.05) is 18.5 Å². The highest BCUT2D eigenvalue weighted by atomic mass is 35.5. The third kappa shape index (κ3) is 3.18. The number of rotatable bonds is 4. The third-order valence-electron chi connectivity index (χ3n) is 3.65. The molecule has 2 rings (SSSR count). The predicted molar refractivity (Wildman–Crippen MR) is 80.1 cm³/mol. The molecule has 1 fully saturated rings. The average molecular weight is 283 g/mol. The zero-order chi connectivity index (χ0) is 14.0. The Labute approximate surface area is 120 Å². The van der Waals surface area contributed by atoms with Crippen LogP contribution in [0.25, 0.3) is 0 Å². The number of hydrogen-bond donors (Lipinski definition) is 0. The number of aryl methyl sites for hydroxylation is 1. The summed E-state index contributed by atoms with van der Waals surface area (Å²) in [7, 11) is 4.24. The maximum atomic E-state index is 6.24. The minimum atomic E-state index is 0.532. The molecule has 0 aromatic carbocycles. The summed E-state index contributed by atoms with van der Waals surface area (Å²) in [6, 6.07) is 0.532. The second-order valence-electron chi connectivity index (χ2n) is 5.48. The number of hydrogen-bond acceptors (Lipinski definition) is 4. The van der Waals surface area contributed by atoms with E-state index in [1.165, 1.54) is 12.8 Å². The summed E-state index contributed by atoms with van der Waals surface area (Å²) in [5.41, 5.74) is 1.00. The molecule has 0 radical (unpaired) electrons. The molecular formula is C14H23ClN4. The summed E-state index contributed by atoms with van der Waals surface area (Å²) < 4.78 is 0. The standard InChI is InChI=1S/C14H23ClN4/c1-5-12-16-13(15)10(2)14(17-12)19-8-6-7-11(19)9-18(3)4/h11H,5-9H2,1-4H3. The van der Waals surface area contributed by atoms with Gasteiger partial charge in [-0.3, -0.25) is 0 Å². The largest absolute Gasteiger partial charge is 0.352 e. The monoisotopic (exact) mass is 282 g/mol. The second-order valence-corrected chi connectivity index (χ2v) is 5.84. The molecule has 1 unspecified atom stereocenters. The van der Waals surface area contributed by atoms with Crippen LogP contribution in [0.2, 0.25) is 5.15 Å². The van der Waals surface area contributed by atoms with Crippen molar-refractivity contribution in [1.29, 1.82) is 0 Å². The van der Waals surface area contributed by atoms with Crippen molar-refractivity contribution in [2.24, 2.45) is 0 Å². The number of nitrogens with zero attached hydrogens (tertiary/aromatic N) is 4. The Kier molecular flexibility index (Phi) is 4.63. The van der Waals surface area contributed by atoms with Gasteiger partial charge in [-0.05, 0) is 33.9 Å².